The first-order chi connectivity index (χ1) is 8.56. The zero-order valence-corrected chi connectivity index (χ0v) is 12.8. The molecule has 112 valence electrons. The van der Waals surface area contributed by atoms with Gasteiger partial charge in [-0.15, -0.1) is 0 Å². The smallest absolute Gasteiger partial charge is 0.330 e. The van der Waals surface area contributed by atoms with E-state index < -0.39 is 16.1 Å². The van der Waals surface area contributed by atoms with E-state index in [0.29, 0.717) is 17.6 Å². The third kappa shape index (κ3) is 10.7. The lowest BCUT2D eigenvalue weighted by molar-refractivity contribution is -0.893. The number of ether oxygens (including phenoxy) is 1. The van der Waals surface area contributed by atoms with E-state index in [1.807, 2.05) is 14.1 Å². The lowest BCUT2D eigenvalue weighted by Gasteiger charge is -2.32. The van der Waals surface area contributed by atoms with E-state index in [-0.39, 0.29) is 18.3 Å². The maximum Gasteiger partial charge on any atom is 0.330 e. The number of carbonyl (C=O) groups excluding carboxylic acids is 1. The van der Waals surface area contributed by atoms with Gasteiger partial charge in [-0.05, 0) is 6.92 Å². The van der Waals surface area contributed by atoms with Crippen molar-refractivity contribution < 1.29 is 27.0 Å². The number of nitrogens with zero attached hydrogens (tertiary/aromatic N) is 1. The van der Waals surface area contributed by atoms with E-state index >= 15 is 0 Å². The van der Waals surface area contributed by atoms with E-state index in [4.69, 9.17) is 4.74 Å². The summed E-state index contributed by atoms with van der Waals surface area (Å²) in [5, 5.41) is 0. The van der Waals surface area contributed by atoms with E-state index in [1.165, 1.54) is 6.08 Å². The summed E-state index contributed by atoms with van der Waals surface area (Å²) in [6.45, 7) is 4.80. The van der Waals surface area contributed by atoms with Crippen molar-refractivity contribution in [2.45, 2.75) is 13.8 Å². The zero-order valence-electron chi connectivity index (χ0n) is 12.0. The van der Waals surface area contributed by atoms with Crippen LogP contribution in [0.1, 0.15) is 13.8 Å². The molecular formula is C12H23NO5S. The first-order valence-corrected chi connectivity index (χ1v) is 7.68. The van der Waals surface area contributed by atoms with Crippen LogP contribution in [0.3, 0.4) is 0 Å². The summed E-state index contributed by atoms with van der Waals surface area (Å²) in [7, 11) is -0.391. The Labute approximate surface area is 115 Å². The molecule has 7 heteroatoms. The highest BCUT2D eigenvalue weighted by atomic mass is 32.2. The van der Waals surface area contributed by atoms with E-state index in [1.54, 1.807) is 19.9 Å². The molecule has 0 aliphatic rings. The van der Waals surface area contributed by atoms with Gasteiger partial charge in [0.05, 0.1) is 30.8 Å². The summed E-state index contributed by atoms with van der Waals surface area (Å²) >= 11 is 0. The molecule has 0 bridgehead atoms. The van der Waals surface area contributed by atoms with Crippen LogP contribution in [-0.2, 0) is 19.6 Å². The number of hydrogen-bond acceptors (Lipinski definition) is 5. The summed E-state index contributed by atoms with van der Waals surface area (Å²) in [5.41, 5.74) is 0. The summed E-state index contributed by atoms with van der Waals surface area (Å²) in [5.74, 6) is -0.992. The average molecular weight is 293 g/mol. The Balaban J connectivity index is 4.14. The standard InChI is InChI=1S/C12H23NO5S/c1-5-6-12(14)18-8-7-13(3,4)9-11(2)10-19(15,16)17/h5-6,11H,7-10H2,1-4H3. The predicted octanol–water partition coefficient (Wildman–Crippen LogP) is 0.363. The first kappa shape index (κ1) is 18.1. The van der Waals surface area contributed by atoms with Gasteiger partial charge in [-0.2, -0.15) is 0 Å². The molecule has 0 amide bonds. The van der Waals surface area contributed by atoms with Crippen molar-refractivity contribution in [3.63, 3.8) is 0 Å². The van der Waals surface area contributed by atoms with Gasteiger partial charge in [-0.1, -0.05) is 13.0 Å². The van der Waals surface area contributed by atoms with Crippen LogP contribution in [-0.4, -0.2) is 63.0 Å². The Hall–Kier alpha value is -0.920. The molecule has 0 saturated carbocycles. The van der Waals surface area contributed by atoms with Crippen molar-refractivity contribution in [1.29, 1.82) is 0 Å². The van der Waals surface area contributed by atoms with Crippen LogP contribution in [0.5, 0.6) is 0 Å². The number of quaternary nitrogens is 1. The van der Waals surface area contributed by atoms with Gasteiger partial charge in [0.1, 0.15) is 13.2 Å². The fourth-order valence-electron chi connectivity index (χ4n) is 1.91. The number of allylic oxidation sites excluding steroid dienone is 1. The van der Waals surface area contributed by atoms with Crippen LogP contribution in [0.4, 0.5) is 0 Å². The molecule has 0 rings (SSSR count). The molecule has 0 fully saturated rings. The van der Waals surface area contributed by atoms with Crippen LogP contribution in [0.25, 0.3) is 0 Å². The number of esters is 1. The number of carbonyl (C=O) groups is 1. The molecule has 19 heavy (non-hydrogen) atoms. The fourth-order valence-corrected chi connectivity index (χ4v) is 2.72. The zero-order chi connectivity index (χ0) is 15.1. The largest absolute Gasteiger partial charge is 0.748 e. The minimum atomic E-state index is -4.19. The monoisotopic (exact) mass is 293 g/mol. The summed E-state index contributed by atoms with van der Waals surface area (Å²) in [4.78, 5) is 11.1. The van der Waals surface area contributed by atoms with Crippen LogP contribution < -0.4 is 0 Å². The molecule has 0 aliphatic heterocycles. The molecule has 0 aromatic carbocycles. The fraction of sp³-hybridized carbons (Fsp3) is 0.750. The van der Waals surface area contributed by atoms with Crippen LogP contribution in [0, 0.1) is 5.92 Å². The lowest BCUT2D eigenvalue weighted by Crippen LogP contribution is -2.46. The van der Waals surface area contributed by atoms with E-state index in [9.17, 15) is 17.8 Å². The van der Waals surface area contributed by atoms with Crippen molar-refractivity contribution in [2.24, 2.45) is 5.92 Å². The Morgan fingerprint density at radius 2 is 2.00 bits per heavy atom. The Morgan fingerprint density at radius 1 is 1.42 bits per heavy atom. The van der Waals surface area contributed by atoms with Crippen LogP contribution >= 0.6 is 0 Å². The Bertz CT molecular complexity index is 414. The topological polar surface area (TPSA) is 83.5 Å². The molecule has 0 aliphatic carbocycles. The second-order valence-electron chi connectivity index (χ2n) is 5.34. The second kappa shape index (κ2) is 7.62. The molecule has 6 nitrogen and oxygen atoms in total. The number of likely N-dealkylation sites (N-methyl/N-ethyl adjacent to an activating group) is 1. The molecule has 0 heterocycles. The maximum absolute atomic E-state index is 11.1. The van der Waals surface area contributed by atoms with Gasteiger partial charge < -0.3 is 13.8 Å². The molecule has 1 unspecified atom stereocenters. The normalized spacial score (nSPS) is 14.6. The molecule has 0 radical (unpaired) electrons. The molecule has 1 atom stereocenters. The highest BCUT2D eigenvalue weighted by Crippen LogP contribution is 2.07. The van der Waals surface area contributed by atoms with Gasteiger partial charge in [-0.3, -0.25) is 0 Å². The number of rotatable bonds is 8. The molecule has 0 spiro atoms. The van der Waals surface area contributed by atoms with Gasteiger partial charge in [0, 0.05) is 17.7 Å². The lowest BCUT2D eigenvalue weighted by atomic mass is 10.2. The van der Waals surface area contributed by atoms with Crippen molar-refractivity contribution in [3.8, 4) is 0 Å². The average Bonchev–Trinajstić information content (AvgIpc) is 2.12. The van der Waals surface area contributed by atoms with Gasteiger partial charge in [-0.25, -0.2) is 13.2 Å². The van der Waals surface area contributed by atoms with Crippen molar-refractivity contribution in [2.75, 3.05) is 39.5 Å². The van der Waals surface area contributed by atoms with Crippen molar-refractivity contribution >= 4 is 16.1 Å². The molecule has 0 aromatic heterocycles. The van der Waals surface area contributed by atoms with Crippen LogP contribution in [0.2, 0.25) is 0 Å². The van der Waals surface area contributed by atoms with Gasteiger partial charge in [0.2, 0.25) is 0 Å². The van der Waals surface area contributed by atoms with Gasteiger partial charge in [0.15, 0.2) is 0 Å². The van der Waals surface area contributed by atoms with Crippen LogP contribution in [0.15, 0.2) is 12.2 Å². The molecule has 0 saturated heterocycles. The second-order valence-corrected chi connectivity index (χ2v) is 6.79. The summed E-state index contributed by atoms with van der Waals surface area (Å²) < 4.78 is 37.5. The Kier molecular flexibility index (Phi) is 7.25. The molecule has 0 aromatic rings. The van der Waals surface area contributed by atoms with Gasteiger partial charge in [0.25, 0.3) is 0 Å². The van der Waals surface area contributed by atoms with E-state index in [2.05, 4.69) is 0 Å². The van der Waals surface area contributed by atoms with Crippen molar-refractivity contribution in [3.05, 3.63) is 12.2 Å². The minimum Gasteiger partial charge on any atom is -0.748 e. The van der Waals surface area contributed by atoms with E-state index in [0.717, 1.165) is 0 Å². The predicted molar refractivity (Wildman–Crippen MR) is 71.3 cm³/mol. The molecule has 0 N–H and O–H groups in total. The summed E-state index contributed by atoms with van der Waals surface area (Å²) in [6, 6.07) is 0. The highest BCUT2D eigenvalue weighted by Gasteiger charge is 2.21. The minimum absolute atomic E-state index is 0.233. The SMILES string of the molecule is CC=CC(=O)OCC[N+](C)(C)CC(C)CS(=O)(=O)[O-]. The Morgan fingerprint density at radius 3 is 2.47 bits per heavy atom. The third-order valence-corrected chi connectivity index (χ3v) is 3.52. The van der Waals surface area contributed by atoms with Gasteiger partial charge >= 0.3 is 5.97 Å². The number of hydrogen-bond donors (Lipinski definition) is 0. The van der Waals surface area contributed by atoms with Crippen molar-refractivity contribution in [1.82, 2.24) is 0 Å². The third-order valence-electron chi connectivity index (χ3n) is 2.54. The quantitative estimate of drug-likeness (QED) is 0.279. The maximum atomic E-state index is 11.1. The first-order valence-electron chi connectivity index (χ1n) is 6.11. The summed E-state index contributed by atoms with van der Waals surface area (Å²) in [6.07, 6.45) is 2.94. The highest BCUT2D eigenvalue weighted by molar-refractivity contribution is 7.85. The molecular weight excluding hydrogens is 270 g/mol.